The second-order valence-corrected chi connectivity index (χ2v) is 5.52. The van der Waals surface area contributed by atoms with Gasteiger partial charge in [-0.05, 0) is 48.0 Å². The minimum Gasteiger partial charge on any atom is -0.497 e. The SMILES string of the molecule is COc1ccc(N)c(C(=O)c2c(Br)cnn2C(C)C)c1. The number of carbonyl (C=O) groups excluding carboxylic acids is 1. The molecule has 0 saturated carbocycles. The van der Waals surface area contributed by atoms with Gasteiger partial charge < -0.3 is 10.5 Å². The van der Waals surface area contributed by atoms with Gasteiger partial charge in [-0.2, -0.15) is 5.10 Å². The Balaban J connectivity index is 2.54. The molecule has 0 aliphatic rings. The molecule has 2 N–H and O–H groups in total. The minimum absolute atomic E-state index is 0.0760. The average molecular weight is 338 g/mol. The Labute approximate surface area is 125 Å². The predicted molar refractivity (Wildman–Crippen MR) is 81.2 cm³/mol. The first-order valence-electron chi connectivity index (χ1n) is 6.17. The Morgan fingerprint density at radius 2 is 2.15 bits per heavy atom. The highest BCUT2D eigenvalue weighted by molar-refractivity contribution is 9.10. The van der Waals surface area contributed by atoms with Crippen LogP contribution >= 0.6 is 15.9 Å². The first kappa shape index (κ1) is 14.6. The van der Waals surface area contributed by atoms with Crippen LogP contribution < -0.4 is 10.5 Å². The van der Waals surface area contributed by atoms with Gasteiger partial charge in [0.2, 0.25) is 5.78 Å². The highest BCUT2D eigenvalue weighted by Crippen LogP contribution is 2.27. The lowest BCUT2D eigenvalue weighted by Crippen LogP contribution is -2.15. The molecular weight excluding hydrogens is 322 g/mol. The van der Waals surface area contributed by atoms with Crippen LogP contribution in [0.1, 0.15) is 35.9 Å². The Hall–Kier alpha value is -1.82. The Morgan fingerprint density at radius 3 is 2.75 bits per heavy atom. The van der Waals surface area contributed by atoms with E-state index in [4.69, 9.17) is 10.5 Å². The van der Waals surface area contributed by atoms with E-state index in [0.29, 0.717) is 27.2 Å². The Bertz CT molecular complexity index is 650. The Kier molecular flexibility index (Phi) is 4.13. The number of ether oxygens (including phenoxy) is 1. The number of ketones is 1. The molecule has 1 heterocycles. The molecule has 0 aliphatic heterocycles. The van der Waals surface area contributed by atoms with Crippen molar-refractivity contribution in [1.82, 2.24) is 9.78 Å². The van der Waals surface area contributed by atoms with Gasteiger partial charge in [0.1, 0.15) is 11.4 Å². The van der Waals surface area contributed by atoms with Gasteiger partial charge in [0.25, 0.3) is 0 Å². The van der Waals surface area contributed by atoms with Crippen molar-refractivity contribution < 1.29 is 9.53 Å². The summed E-state index contributed by atoms with van der Waals surface area (Å²) in [5.41, 5.74) is 7.22. The fraction of sp³-hybridized carbons (Fsp3) is 0.286. The summed E-state index contributed by atoms with van der Waals surface area (Å²) in [4.78, 5) is 12.7. The number of methoxy groups -OCH3 is 1. The minimum atomic E-state index is -0.181. The summed E-state index contributed by atoms with van der Waals surface area (Å²) in [5.74, 6) is 0.411. The van der Waals surface area contributed by atoms with E-state index in [1.807, 2.05) is 13.8 Å². The monoisotopic (exact) mass is 337 g/mol. The largest absolute Gasteiger partial charge is 0.497 e. The zero-order chi connectivity index (χ0) is 14.9. The molecule has 1 aromatic carbocycles. The number of halogens is 1. The molecule has 20 heavy (non-hydrogen) atoms. The van der Waals surface area contributed by atoms with Crippen LogP contribution in [0.15, 0.2) is 28.9 Å². The molecule has 0 aliphatic carbocycles. The maximum absolute atomic E-state index is 12.7. The van der Waals surface area contributed by atoms with Gasteiger partial charge in [0, 0.05) is 11.7 Å². The zero-order valence-corrected chi connectivity index (χ0v) is 13.1. The number of rotatable bonds is 4. The van der Waals surface area contributed by atoms with E-state index >= 15 is 0 Å². The molecule has 0 saturated heterocycles. The lowest BCUT2D eigenvalue weighted by Gasteiger charge is -2.12. The molecule has 0 bridgehead atoms. The fourth-order valence-corrected chi connectivity index (χ4v) is 2.39. The average Bonchev–Trinajstić information content (AvgIpc) is 2.80. The van der Waals surface area contributed by atoms with Gasteiger partial charge in [-0.3, -0.25) is 9.48 Å². The van der Waals surface area contributed by atoms with Crippen LogP contribution in [-0.2, 0) is 0 Å². The normalized spacial score (nSPS) is 10.8. The van der Waals surface area contributed by atoms with Gasteiger partial charge in [-0.15, -0.1) is 0 Å². The molecule has 2 aromatic rings. The van der Waals surface area contributed by atoms with E-state index in [-0.39, 0.29) is 11.8 Å². The standard InChI is InChI=1S/C14H16BrN3O2/c1-8(2)18-13(11(15)7-17-18)14(19)10-6-9(20-3)4-5-12(10)16/h4-8H,16H2,1-3H3. The third kappa shape index (κ3) is 2.56. The van der Waals surface area contributed by atoms with Crippen molar-refractivity contribution >= 4 is 27.4 Å². The first-order chi connectivity index (χ1) is 9.45. The molecule has 0 spiro atoms. The molecule has 0 atom stereocenters. The van der Waals surface area contributed by atoms with Crippen molar-refractivity contribution in [3.63, 3.8) is 0 Å². The smallest absolute Gasteiger partial charge is 0.214 e. The van der Waals surface area contributed by atoms with Crippen LogP contribution in [-0.4, -0.2) is 22.7 Å². The number of hydrogen-bond acceptors (Lipinski definition) is 4. The molecule has 106 valence electrons. The van der Waals surface area contributed by atoms with Gasteiger partial charge in [0.15, 0.2) is 0 Å². The lowest BCUT2D eigenvalue weighted by atomic mass is 10.1. The number of nitrogens with two attached hydrogens (primary N) is 1. The summed E-state index contributed by atoms with van der Waals surface area (Å²) in [6.07, 6.45) is 1.61. The van der Waals surface area contributed by atoms with Crippen LogP contribution in [0.5, 0.6) is 5.75 Å². The van der Waals surface area contributed by atoms with Gasteiger partial charge in [-0.25, -0.2) is 0 Å². The van der Waals surface area contributed by atoms with Crippen molar-refractivity contribution in [2.45, 2.75) is 19.9 Å². The molecular formula is C14H16BrN3O2. The summed E-state index contributed by atoms with van der Waals surface area (Å²) in [7, 11) is 1.55. The number of aromatic nitrogens is 2. The van der Waals surface area contributed by atoms with E-state index in [2.05, 4.69) is 21.0 Å². The van der Waals surface area contributed by atoms with E-state index in [0.717, 1.165) is 0 Å². The summed E-state index contributed by atoms with van der Waals surface area (Å²) < 4.78 is 7.47. The third-order valence-electron chi connectivity index (χ3n) is 2.96. The quantitative estimate of drug-likeness (QED) is 0.687. The van der Waals surface area contributed by atoms with E-state index < -0.39 is 0 Å². The topological polar surface area (TPSA) is 70.1 Å². The van der Waals surface area contributed by atoms with Gasteiger partial charge in [-0.1, -0.05) is 0 Å². The zero-order valence-electron chi connectivity index (χ0n) is 11.6. The van der Waals surface area contributed by atoms with Crippen LogP contribution in [0.2, 0.25) is 0 Å². The number of anilines is 1. The van der Waals surface area contributed by atoms with Crippen LogP contribution in [0.4, 0.5) is 5.69 Å². The second kappa shape index (κ2) is 5.66. The molecule has 0 unspecified atom stereocenters. The van der Waals surface area contributed by atoms with Crippen molar-refractivity contribution in [1.29, 1.82) is 0 Å². The highest BCUT2D eigenvalue weighted by atomic mass is 79.9. The van der Waals surface area contributed by atoms with E-state index in [9.17, 15) is 4.79 Å². The maximum atomic E-state index is 12.7. The molecule has 0 fully saturated rings. The summed E-state index contributed by atoms with van der Waals surface area (Å²) in [6.45, 7) is 3.93. The predicted octanol–water partition coefficient (Wildman–Crippen LogP) is 3.05. The molecule has 0 radical (unpaired) electrons. The van der Waals surface area contributed by atoms with Gasteiger partial charge >= 0.3 is 0 Å². The number of hydrogen-bond donors (Lipinski definition) is 1. The van der Waals surface area contributed by atoms with E-state index in [1.54, 1.807) is 36.2 Å². The molecule has 2 rings (SSSR count). The number of nitrogen functional groups attached to an aromatic ring is 1. The molecule has 1 aromatic heterocycles. The highest BCUT2D eigenvalue weighted by Gasteiger charge is 2.22. The van der Waals surface area contributed by atoms with Gasteiger partial charge in [0.05, 0.1) is 23.3 Å². The van der Waals surface area contributed by atoms with Crippen LogP contribution in [0, 0.1) is 0 Å². The maximum Gasteiger partial charge on any atom is 0.214 e. The summed E-state index contributed by atoms with van der Waals surface area (Å²) >= 11 is 3.37. The lowest BCUT2D eigenvalue weighted by molar-refractivity contribution is 0.102. The third-order valence-corrected chi connectivity index (χ3v) is 3.54. The second-order valence-electron chi connectivity index (χ2n) is 4.66. The van der Waals surface area contributed by atoms with Crippen LogP contribution in [0.3, 0.4) is 0 Å². The number of benzene rings is 1. The van der Waals surface area contributed by atoms with Crippen molar-refractivity contribution in [3.05, 3.63) is 40.1 Å². The number of nitrogens with zero attached hydrogens (tertiary/aromatic N) is 2. The summed E-state index contributed by atoms with van der Waals surface area (Å²) in [6, 6.07) is 5.10. The van der Waals surface area contributed by atoms with Crippen molar-refractivity contribution in [2.75, 3.05) is 12.8 Å². The fourth-order valence-electron chi connectivity index (χ4n) is 1.93. The molecule has 0 amide bonds. The molecule has 5 nitrogen and oxygen atoms in total. The van der Waals surface area contributed by atoms with Crippen molar-refractivity contribution in [3.8, 4) is 5.75 Å². The number of carbonyl (C=O) groups is 1. The van der Waals surface area contributed by atoms with Crippen molar-refractivity contribution in [2.24, 2.45) is 0 Å². The van der Waals surface area contributed by atoms with E-state index in [1.165, 1.54) is 0 Å². The van der Waals surface area contributed by atoms with Crippen LogP contribution in [0.25, 0.3) is 0 Å². The Morgan fingerprint density at radius 1 is 1.45 bits per heavy atom. The molecule has 6 heteroatoms. The first-order valence-corrected chi connectivity index (χ1v) is 6.96. The summed E-state index contributed by atoms with van der Waals surface area (Å²) in [5, 5.41) is 4.21.